The van der Waals surface area contributed by atoms with E-state index in [1.165, 1.54) is 6.92 Å². The number of benzene rings is 1. The van der Waals surface area contributed by atoms with Crippen LogP contribution in [0.3, 0.4) is 0 Å². The van der Waals surface area contributed by atoms with Crippen LogP contribution in [-0.2, 0) is 17.5 Å². The number of fused-ring (bicyclic) bond motifs is 1. The van der Waals surface area contributed by atoms with E-state index in [2.05, 4.69) is 15.4 Å². The zero-order chi connectivity index (χ0) is 22.2. The molecule has 0 bridgehead atoms. The minimum Gasteiger partial charge on any atom is -0.324 e. The van der Waals surface area contributed by atoms with Gasteiger partial charge in [-0.3, -0.25) is 4.79 Å². The lowest BCUT2D eigenvalue weighted by Gasteiger charge is -2.10. The van der Waals surface area contributed by atoms with Crippen molar-refractivity contribution in [2.24, 2.45) is 0 Å². The molecular weight excluding hydrogens is 421 g/mol. The van der Waals surface area contributed by atoms with Gasteiger partial charge in [0.05, 0.1) is 16.6 Å². The third-order valence-corrected chi connectivity index (χ3v) is 4.18. The number of nitrogens with one attached hydrogen (secondary N) is 1. The summed E-state index contributed by atoms with van der Waals surface area (Å²) in [5.74, 6) is -0.762. The van der Waals surface area contributed by atoms with Crippen LogP contribution in [-0.4, -0.2) is 20.7 Å². The third kappa shape index (κ3) is 4.36. The molecule has 1 amide bonds. The fraction of sp³-hybridized carbons (Fsp3) is 0.278. The average molecular weight is 434 g/mol. The Kier molecular flexibility index (Phi) is 5.68. The molecule has 0 fully saturated rings. The van der Waals surface area contributed by atoms with Crippen molar-refractivity contribution in [3.05, 3.63) is 52.8 Å². The summed E-state index contributed by atoms with van der Waals surface area (Å²) >= 11 is 0. The third-order valence-electron chi connectivity index (χ3n) is 4.18. The first-order valence-corrected chi connectivity index (χ1v) is 8.38. The number of hydrogen-bond acceptors (Lipinski definition) is 3. The maximum absolute atomic E-state index is 13.3. The first kappa shape index (κ1) is 21.5. The lowest BCUT2D eigenvalue weighted by atomic mass is 10.1. The van der Waals surface area contributed by atoms with Crippen molar-refractivity contribution < 1.29 is 35.5 Å². The van der Waals surface area contributed by atoms with Crippen LogP contribution >= 0.6 is 0 Å². The van der Waals surface area contributed by atoms with Gasteiger partial charge in [-0.25, -0.2) is 27.2 Å². The predicted octanol–water partition coefficient (Wildman–Crippen LogP) is 5.27. The normalized spacial score (nSPS) is 12.2. The molecule has 3 aromatic rings. The molecule has 0 spiro atoms. The largest absolute Gasteiger partial charge is 0.416 e. The van der Waals surface area contributed by atoms with Gasteiger partial charge in [0.25, 0.3) is 12.9 Å². The molecule has 3 rings (SSSR count). The molecule has 2 aromatic heterocycles. The van der Waals surface area contributed by atoms with E-state index in [9.17, 15) is 35.5 Å². The summed E-state index contributed by atoms with van der Waals surface area (Å²) in [6.07, 6.45) is -10.7. The fourth-order valence-corrected chi connectivity index (χ4v) is 2.88. The number of amides is 1. The van der Waals surface area contributed by atoms with E-state index >= 15 is 0 Å². The van der Waals surface area contributed by atoms with Crippen molar-refractivity contribution in [3.8, 4) is 0 Å². The molecule has 2 heterocycles. The van der Waals surface area contributed by atoms with E-state index in [0.29, 0.717) is 6.07 Å². The molecule has 0 aliphatic rings. The van der Waals surface area contributed by atoms with Gasteiger partial charge in [-0.15, -0.1) is 0 Å². The summed E-state index contributed by atoms with van der Waals surface area (Å²) < 4.78 is 91.4. The second-order valence-corrected chi connectivity index (χ2v) is 6.30. The van der Waals surface area contributed by atoms with Crippen molar-refractivity contribution in [1.29, 1.82) is 0 Å². The fourth-order valence-electron chi connectivity index (χ4n) is 2.88. The summed E-state index contributed by atoms with van der Waals surface area (Å²) in [7, 11) is 0. The number of carbonyl (C=O) groups excluding carboxylic acids is 1. The smallest absolute Gasteiger partial charge is 0.324 e. The summed E-state index contributed by atoms with van der Waals surface area (Å²) in [5, 5.41) is 6.11. The summed E-state index contributed by atoms with van der Waals surface area (Å²) in [5.41, 5.74) is -2.67. The Morgan fingerprint density at radius 3 is 2.27 bits per heavy atom. The predicted molar refractivity (Wildman–Crippen MR) is 92.3 cm³/mol. The molecule has 1 aromatic carbocycles. The van der Waals surface area contributed by atoms with Crippen molar-refractivity contribution >= 4 is 22.6 Å². The number of hydrogen-bond donors (Lipinski definition) is 1. The lowest BCUT2D eigenvalue weighted by Crippen LogP contribution is -2.20. The van der Waals surface area contributed by atoms with Crippen molar-refractivity contribution in [1.82, 2.24) is 14.8 Å². The molecule has 0 saturated carbocycles. The van der Waals surface area contributed by atoms with Gasteiger partial charge in [0.15, 0.2) is 5.65 Å². The number of rotatable bonds is 5. The maximum atomic E-state index is 13.3. The first-order valence-electron chi connectivity index (χ1n) is 8.38. The number of carbonyl (C=O) groups is 1. The Bertz CT molecular complexity index is 1070. The monoisotopic (exact) mass is 434 g/mol. The van der Waals surface area contributed by atoms with Crippen LogP contribution in [0.1, 0.15) is 35.4 Å². The van der Waals surface area contributed by atoms with E-state index in [0.717, 1.165) is 28.9 Å². The SMILES string of the molecule is Cc1nn(CC(=O)Nc2ccc(C(F)(F)F)cc2)c2nc(C(F)F)cc(C(F)F)c12. The molecule has 0 aliphatic carbocycles. The standard InChI is InChI=1S/C18H13F7N4O/c1-8-14-11(15(19)20)6-12(16(21)22)27-17(14)29(28-8)7-13(30)26-10-4-2-9(3-5-10)18(23,24)25/h2-6,15-16H,7H2,1H3,(H,26,30). The number of alkyl halides is 7. The highest BCUT2D eigenvalue weighted by molar-refractivity contribution is 5.92. The Labute approximate surface area is 164 Å². The topological polar surface area (TPSA) is 59.8 Å². The van der Waals surface area contributed by atoms with Gasteiger partial charge in [0.2, 0.25) is 5.91 Å². The highest BCUT2D eigenvalue weighted by Crippen LogP contribution is 2.33. The van der Waals surface area contributed by atoms with Gasteiger partial charge < -0.3 is 5.32 Å². The Balaban J connectivity index is 1.89. The van der Waals surface area contributed by atoms with Crippen LogP contribution < -0.4 is 5.32 Å². The molecule has 0 atom stereocenters. The van der Waals surface area contributed by atoms with Crippen LogP contribution in [0.15, 0.2) is 30.3 Å². The molecular formula is C18H13F7N4O. The van der Waals surface area contributed by atoms with Gasteiger partial charge >= 0.3 is 6.18 Å². The molecule has 5 nitrogen and oxygen atoms in total. The van der Waals surface area contributed by atoms with E-state index in [4.69, 9.17) is 0 Å². The number of nitrogens with zero attached hydrogens (tertiary/aromatic N) is 3. The number of pyridine rings is 1. The van der Waals surface area contributed by atoms with E-state index in [1.54, 1.807) is 0 Å². The second kappa shape index (κ2) is 7.92. The molecule has 160 valence electrons. The molecule has 0 unspecified atom stereocenters. The van der Waals surface area contributed by atoms with Gasteiger partial charge in [-0.2, -0.15) is 18.3 Å². The summed E-state index contributed by atoms with van der Waals surface area (Å²) in [4.78, 5) is 15.9. The van der Waals surface area contributed by atoms with Crippen molar-refractivity contribution in [2.45, 2.75) is 32.5 Å². The zero-order valence-electron chi connectivity index (χ0n) is 15.1. The Hall–Kier alpha value is -3.18. The van der Waals surface area contributed by atoms with Crippen LogP contribution in [0.5, 0.6) is 0 Å². The minimum atomic E-state index is -4.54. The Morgan fingerprint density at radius 2 is 1.73 bits per heavy atom. The molecule has 12 heteroatoms. The number of aryl methyl sites for hydroxylation is 1. The summed E-state index contributed by atoms with van der Waals surface area (Å²) in [6.45, 7) is 0.788. The highest BCUT2D eigenvalue weighted by Gasteiger charge is 2.30. The molecule has 0 radical (unpaired) electrons. The van der Waals surface area contributed by atoms with Crippen LogP contribution in [0.4, 0.5) is 36.4 Å². The van der Waals surface area contributed by atoms with Crippen LogP contribution in [0, 0.1) is 6.92 Å². The van der Waals surface area contributed by atoms with Crippen LogP contribution in [0.25, 0.3) is 11.0 Å². The lowest BCUT2D eigenvalue weighted by molar-refractivity contribution is -0.137. The molecule has 30 heavy (non-hydrogen) atoms. The molecule has 0 aliphatic heterocycles. The van der Waals surface area contributed by atoms with Gasteiger partial charge in [-0.05, 0) is 37.3 Å². The Morgan fingerprint density at radius 1 is 1.10 bits per heavy atom. The van der Waals surface area contributed by atoms with E-state index < -0.39 is 48.3 Å². The van der Waals surface area contributed by atoms with Gasteiger partial charge in [0, 0.05) is 11.3 Å². The average Bonchev–Trinajstić information content (AvgIpc) is 2.96. The van der Waals surface area contributed by atoms with Gasteiger partial charge in [0.1, 0.15) is 12.2 Å². The molecule has 1 N–H and O–H groups in total. The van der Waals surface area contributed by atoms with Crippen LogP contribution in [0.2, 0.25) is 0 Å². The zero-order valence-corrected chi connectivity index (χ0v) is 15.1. The van der Waals surface area contributed by atoms with Crippen molar-refractivity contribution in [3.63, 3.8) is 0 Å². The highest BCUT2D eigenvalue weighted by atomic mass is 19.4. The van der Waals surface area contributed by atoms with E-state index in [-0.39, 0.29) is 22.4 Å². The van der Waals surface area contributed by atoms with Gasteiger partial charge in [-0.1, -0.05) is 0 Å². The maximum Gasteiger partial charge on any atom is 0.416 e. The quantitative estimate of drug-likeness (QED) is 0.557. The number of anilines is 1. The van der Waals surface area contributed by atoms with Crippen molar-refractivity contribution in [2.75, 3.05) is 5.32 Å². The summed E-state index contributed by atoms with van der Waals surface area (Å²) in [6, 6.07) is 4.21. The second-order valence-electron chi connectivity index (χ2n) is 6.30. The minimum absolute atomic E-state index is 0.0516. The first-order chi connectivity index (χ1) is 14.0. The van der Waals surface area contributed by atoms with E-state index in [1.807, 2.05) is 0 Å². The number of halogens is 7. The molecule has 0 saturated heterocycles. The number of aromatic nitrogens is 3.